The SMILES string of the molecule is CCCCOC(=O)c1ccc(NC(=O)CCNc2ccc(S(N)(=O)=O)cc2[N+](=O)[O-])cc1. The van der Waals surface area contributed by atoms with E-state index >= 15 is 0 Å². The molecule has 12 heteroatoms. The number of hydrogen-bond acceptors (Lipinski definition) is 8. The Hall–Kier alpha value is -3.51. The van der Waals surface area contributed by atoms with Gasteiger partial charge in [0, 0.05) is 24.7 Å². The van der Waals surface area contributed by atoms with Gasteiger partial charge in [-0.1, -0.05) is 13.3 Å². The van der Waals surface area contributed by atoms with Gasteiger partial charge in [0.25, 0.3) is 5.69 Å². The largest absolute Gasteiger partial charge is 0.462 e. The first-order valence-electron chi connectivity index (χ1n) is 9.74. The van der Waals surface area contributed by atoms with Crippen molar-refractivity contribution in [3.8, 4) is 0 Å². The van der Waals surface area contributed by atoms with E-state index < -0.39 is 26.6 Å². The summed E-state index contributed by atoms with van der Waals surface area (Å²) < 4.78 is 27.9. The fourth-order valence-electron chi connectivity index (χ4n) is 2.61. The molecule has 0 saturated carbocycles. The molecule has 2 rings (SSSR count). The summed E-state index contributed by atoms with van der Waals surface area (Å²) in [4.78, 5) is 34.1. The van der Waals surface area contributed by atoms with Crippen LogP contribution < -0.4 is 15.8 Å². The van der Waals surface area contributed by atoms with Crippen molar-refractivity contribution in [1.29, 1.82) is 0 Å². The smallest absolute Gasteiger partial charge is 0.338 e. The summed E-state index contributed by atoms with van der Waals surface area (Å²) in [5, 5.41) is 21.6. The lowest BCUT2D eigenvalue weighted by atomic mass is 10.2. The molecular weight excluding hydrogens is 440 g/mol. The van der Waals surface area contributed by atoms with Gasteiger partial charge in [-0.3, -0.25) is 14.9 Å². The lowest BCUT2D eigenvalue weighted by molar-refractivity contribution is -0.384. The van der Waals surface area contributed by atoms with Crippen LogP contribution in [0.2, 0.25) is 0 Å². The van der Waals surface area contributed by atoms with Gasteiger partial charge in [0.2, 0.25) is 15.9 Å². The number of rotatable bonds is 11. The maximum Gasteiger partial charge on any atom is 0.338 e. The molecule has 0 saturated heterocycles. The van der Waals surface area contributed by atoms with E-state index in [-0.39, 0.29) is 29.5 Å². The molecule has 0 radical (unpaired) electrons. The standard InChI is InChI=1S/C20H24N4O7S/c1-2-3-12-31-20(26)14-4-6-15(7-5-14)23-19(25)10-11-22-17-9-8-16(32(21,29)30)13-18(17)24(27)28/h4-9,13,22H,2-3,10-12H2,1H3,(H,23,25)(H2,21,29,30). The van der Waals surface area contributed by atoms with Gasteiger partial charge in [0.1, 0.15) is 5.69 Å². The molecule has 2 aromatic rings. The normalized spacial score (nSPS) is 10.9. The number of esters is 1. The minimum atomic E-state index is -4.08. The van der Waals surface area contributed by atoms with Gasteiger partial charge < -0.3 is 15.4 Å². The third-order valence-electron chi connectivity index (χ3n) is 4.30. The predicted octanol–water partition coefficient (Wildman–Crippen LogP) is 2.64. The predicted molar refractivity (Wildman–Crippen MR) is 118 cm³/mol. The van der Waals surface area contributed by atoms with Crippen LogP contribution in [0, 0.1) is 10.1 Å². The van der Waals surface area contributed by atoms with Gasteiger partial charge in [-0.2, -0.15) is 0 Å². The van der Waals surface area contributed by atoms with E-state index in [1.165, 1.54) is 6.07 Å². The topological polar surface area (TPSA) is 171 Å². The molecule has 0 aliphatic heterocycles. The lowest BCUT2D eigenvalue weighted by Crippen LogP contribution is -2.17. The molecule has 0 unspecified atom stereocenters. The molecule has 0 bridgehead atoms. The van der Waals surface area contributed by atoms with Gasteiger partial charge in [0.15, 0.2) is 0 Å². The lowest BCUT2D eigenvalue weighted by Gasteiger charge is -2.09. The van der Waals surface area contributed by atoms with Crippen molar-refractivity contribution in [2.75, 3.05) is 23.8 Å². The number of nitrogens with one attached hydrogen (secondary N) is 2. The number of ether oxygens (including phenoxy) is 1. The molecule has 32 heavy (non-hydrogen) atoms. The summed E-state index contributed by atoms with van der Waals surface area (Å²) in [7, 11) is -4.08. The molecule has 0 spiro atoms. The summed E-state index contributed by atoms with van der Waals surface area (Å²) in [6.45, 7) is 2.40. The first-order chi connectivity index (χ1) is 15.1. The third-order valence-corrected chi connectivity index (χ3v) is 5.21. The van der Waals surface area contributed by atoms with Crippen LogP contribution in [0.15, 0.2) is 47.4 Å². The van der Waals surface area contributed by atoms with Crippen molar-refractivity contribution < 1.29 is 27.7 Å². The number of sulfonamides is 1. The molecule has 0 heterocycles. The molecule has 11 nitrogen and oxygen atoms in total. The maximum atomic E-state index is 12.1. The van der Waals surface area contributed by atoms with Crippen LogP contribution in [0.1, 0.15) is 36.5 Å². The van der Waals surface area contributed by atoms with Gasteiger partial charge in [0.05, 0.1) is 22.0 Å². The molecule has 0 aliphatic rings. The highest BCUT2D eigenvalue weighted by atomic mass is 32.2. The zero-order valence-electron chi connectivity index (χ0n) is 17.4. The second kappa shape index (κ2) is 11.2. The summed E-state index contributed by atoms with van der Waals surface area (Å²) in [5.41, 5.74) is 0.430. The van der Waals surface area contributed by atoms with Crippen molar-refractivity contribution in [2.45, 2.75) is 31.1 Å². The van der Waals surface area contributed by atoms with E-state index in [0.29, 0.717) is 17.9 Å². The molecule has 1 amide bonds. The van der Waals surface area contributed by atoms with Gasteiger partial charge in [-0.25, -0.2) is 18.4 Å². The Morgan fingerprint density at radius 1 is 1.16 bits per heavy atom. The number of hydrogen-bond donors (Lipinski definition) is 3. The number of nitrogens with zero attached hydrogens (tertiary/aromatic N) is 1. The Balaban J connectivity index is 1.90. The number of nitro groups is 1. The Labute approximate surface area is 185 Å². The van der Waals surface area contributed by atoms with Crippen molar-refractivity contribution in [3.05, 3.63) is 58.1 Å². The fraction of sp³-hybridized carbons (Fsp3) is 0.300. The first-order valence-corrected chi connectivity index (χ1v) is 11.3. The van der Waals surface area contributed by atoms with Crippen molar-refractivity contribution >= 4 is 39.0 Å². The minimum Gasteiger partial charge on any atom is -0.462 e. The number of nitrogens with two attached hydrogens (primary N) is 1. The van der Waals surface area contributed by atoms with Crippen molar-refractivity contribution in [3.63, 3.8) is 0 Å². The van der Waals surface area contributed by atoms with E-state index in [1.807, 2.05) is 6.92 Å². The number of unbranched alkanes of at least 4 members (excludes halogenated alkanes) is 1. The van der Waals surface area contributed by atoms with Crippen LogP contribution in [-0.2, 0) is 19.6 Å². The highest BCUT2D eigenvalue weighted by Crippen LogP contribution is 2.27. The molecule has 0 aliphatic carbocycles. The molecule has 0 fully saturated rings. The molecule has 0 atom stereocenters. The summed E-state index contributed by atoms with van der Waals surface area (Å²) in [6, 6.07) is 9.43. The van der Waals surface area contributed by atoms with Crippen LogP contribution in [0.5, 0.6) is 0 Å². The Morgan fingerprint density at radius 2 is 1.84 bits per heavy atom. The Kier molecular flexibility index (Phi) is 8.67. The average Bonchev–Trinajstić information content (AvgIpc) is 2.73. The zero-order valence-corrected chi connectivity index (χ0v) is 18.2. The second-order valence-electron chi connectivity index (χ2n) is 6.77. The van der Waals surface area contributed by atoms with Crippen LogP contribution in [0.3, 0.4) is 0 Å². The zero-order chi connectivity index (χ0) is 23.7. The fourth-order valence-corrected chi connectivity index (χ4v) is 3.14. The monoisotopic (exact) mass is 464 g/mol. The van der Waals surface area contributed by atoms with Crippen LogP contribution >= 0.6 is 0 Å². The van der Waals surface area contributed by atoms with E-state index in [9.17, 15) is 28.1 Å². The average molecular weight is 465 g/mol. The number of nitro benzene ring substituents is 1. The molecular formula is C20H24N4O7S. The van der Waals surface area contributed by atoms with E-state index in [2.05, 4.69) is 10.6 Å². The highest BCUT2D eigenvalue weighted by Gasteiger charge is 2.19. The minimum absolute atomic E-state index is 0.0189. The Morgan fingerprint density at radius 3 is 2.44 bits per heavy atom. The van der Waals surface area contributed by atoms with Gasteiger partial charge in [-0.15, -0.1) is 0 Å². The number of carbonyl (C=O) groups is 2. The highest BCUT2D eigenvalue weighted by molar-refractivity contribution is 7.89. The van der Waals surface area contributed by atoms with Crippen molar-refractivity contribution in [2.24, 2.45) is 5.14 Å². The molecule has 2 aromatic carbocycles. The number of carbonyl (C=O) groups excluding carboxylic acids is 2. The summed E-state index contributed by atoms with van der Waals surface area (Å²) in [6.07, 6.45) is 1.68. The number of benzene rings is 2. The van der Waals surface area contributed by atoms with Gasteiger partial charge >= 0.3 is 5.97 Å². The number of anilines is 2. The molecule has 4 N–H and O–H groups in total. The summed E-state index contributed by atoms with van der Waals surface area (Å²) in [5.74, 6) is -0.796. The Bertz CT molecular complexity index is 1090. The van der Waals surface area contributed by atoms with E-state index in [1.54, 1.807) is 24.3 Å². The van der Waals surface area contributed by atoms with Crippen LogP contribution in [-0.4, -0.2) is 38.4 Å². The quantitative estimate of drug-likeness (QED) is 0.197. The van der Waals surface area contributed by atoms with E-state index in [0.717, 1.165) is 25.0 Å². The number of amides is 1. The van der Waals surface area contributed by atoms with Crippen LogP contribution in [0.25, 0.3) is 0 Å². The third kappa shape index (κ3) is 7.32. The molecule has 172 valence electrons. The first kappa shape index (κ1) is 24.8. The molecule has 0 aromatic heterocycles. The summed E-state index contributed by atoms with van der Waals surface area (Å²) >= 11 is 0. The second-order valence-corrected chi connectivity index (χ2v) is 8.33. The van der Waals surface area contributed by atoms with E-state index in [4.69, 9.17) is 9.88 Å². The van der Waals surface area contributed by atoms with Crippen molar-refractivity contribution in [1.82, 2.24) is 0 Å². The van der Waals surface area contributed by atoms with Crippen LogP contribution in [0.4, 0.5) is 17.1 Å². The maximum absolute atomic E-state index is 12.1. The number of primary sulfonamides is 1. The van der Waals surface area contributed by atoms with Gasteiger partial charge in [-0.05, 0) is 42.8 Å².